The van der Waals surface area contributed by atoms with Gasteiger partial charge in [-0.15, -0.1) is 0 Å². The van der Waals surface area contributed by atoms with Gasteiger partial charge in [0.1, 0.15) is 46.0 Å². The van der Waals surface area contributed by atoms with Crippen LogP contribution in [0.2, 0.25) is 0 Å². The number of carboxylic acid groups (broad SMARTS) is 2. The number of hydrogen-bond donors (Lipinski definition) is 2. The Morgan fingerprint density at radius 2 is 0.474 bits per heavy atom. The van der Waals surface area contributed by atoms with Crippen LogP contribution in [0, 0.1) is 23.7 Å². The maximum atomic E-state index is 13.8. The summed E-state index contributed by atoms with van der Waals surface area (Å²) in [4.78, 5) is 108. The lowest BCUT2D eigenvalue weighted by Crippen LogP contribution is -2.23. The molecular formula is C113H128N4O20. The first-order valence-electron chi connectivity index (χ1n) is 47.0. The maximum absolute atomic E-state index is 13.8. The third kappa shape index (κ3) is 23.7. The molecule has 12 aromatic carbocycles. The Kier molecular flexibility index (Phi) is 33.8. The Balaban J connectivity index is 0.000000164. The van der Waals surface area contributed by atoms with Gasteiger partial charge in [-0.05, 0) is 164 Å². The van der Waals surface area contributed by atoms with Gasteiger partial charge in [-0.1, -0.05) is 208 Å². The predicted octanol–water partition coefficient (Wildman–Crippen LogP) is 23.4. The van der Waals surface area contributed by atoms with E-state index in [1.54, 1.807) is 82.0 Å². The Morgan fingerprint density at radius 1 is 0.277 bits per heavy atom. The maximum Gasteiger partial charge on any atom is 0.310 e. The van der Waals surface area contributed by atoms with E-state index in [9.17, 15) is 38.4 Å². The molecule has 0 unspecified atom stereocenters. The number of nitrogens with zero attached hydrogens (tertiary/aromatic N) is 4. The third-order valence-corrected chi connectivity index (χ3v) is 22.6. The van der Waals surface area contributed by atoms with Gasteiger partial charge in [0, 0.05) is 88.1 Å². The van der Waals surface area contributed by atoms with E-state index >= 15 is 0 Å². The summed E-state index contributed by atoms with van der Waals surface area (Å²) in [5, 5.41) is 25.3. The van der Waals surface area contributed by atoms with E-state index in [4.69, 9.17) is 57.6 Å². The fourth-order valence-electron chi connectivity index (χ4n) is 16.9. The van der Waals surface area contributed by atoms with Crippen molar-refractivity contribution in [3.05, 3.63) is 261 Å². The van der Waals surface area contributed by atoms with Gasteiger partial charge < -0.3 is 77.2 Å². The van der Waals surface area contributed by atoms with Crippen molar-refractivity contribution in [3.8, 4) is 46.0 Å². The van der Waals surface area contributed by atoms with Crippen LogP contribution in [-0.4, -0.2) is 122 Å². The lowest BCUT2D eigenvalue weighted by molar-refractivity contribution is -0.143. The first kappa shape index (κ1) is 102. The Morgan fingerprint density at radius 3 is 0.701 bits per heavy atom. The van der Waals surface area contributed by atoms with Crippen LogP contribution in [0.3, 0.4) is 0 Å². The lowest BCUT2D eigenvalue weighted by atomic mass is 9.99. The van der Waals surface area contributed by atoms with Gasteiger partial charge in [0.2, 0.25) is 0 Å². The number of aliphatic carboxylic acids is 2. The fourth-order valence-corrected chi connectivity index (χ4v) is 16.9. The van der Waals surface area contributed by atoms with Crippen molar-refractivity contribution in [2.75, 3.05) is 59.2 Å². The normalized spacial score (nSPS) is 13.0. The van der Waals surface area contributed by atoms with Gasteiger partial charge in [0.15, 0.2) is 0 Å². The zero-order valence-corrected chi connectivity index (χ0v) is 81.0. The number of benzene rings is 12. The summed E-state index contributed by atoms with van der Waals surface area (Å²) in [5.74, 6) is 3.80. The van der Waals surface area contributed by atoms with Gasteiger partial charge in [0.05, 0.1) is 138 Å². The molecule has 4 heterocycles. The molecule has 0 saturated heterocycles. The standard InChI is InChI=1S/2C29H33NO5.2C27H29NO5.CH4/c1-6-33-25(31)15-20-11-13-21(14-12-20)30-16-24-26(29(30)32)28(34-17-18(2)3)23-10-8-7-9-22(23)27(24)35-19(4)5;1-6-33-25(31)15-20-11-13-21(14-12-20)30-16-24-26(29(30)32)28(35-19(4)5)23-10-8-7-9-22(23)27(24)34-17-18(2)3;1-16(2)15-32-26-21-8-6-5-7-20(21)25(33-17(3)4)22-14-28(27(31)24(22)26)19-11-9-18(10-12-19)13-23(29)30;1-16(2)15-32-25-20-7-5-6-8-21(20)26(33-17(3)4)24-22(25)14-28(27(24)31)19-11-9-18(10-12-19)13-23(29)30;/h2*7-14,18-19H,6,15-17H2,1-5H3;2*5-12,16-17H,13-15H2,1-4H3,(H,29,30);1H4. The number of carboxylic acids is 2. The molecule has 16 rings (SSSR count). The molecule has 0 atom stereocenters. The number of amides is 4. The number of carbonyl (C=O) groups is 8. The number of fused-ring (bicyclic) bond motifs is 8. The number of rotatable bonds is 34. The van der Waals surface area contributed by atoms with Gasteiger partial charge >= 0.3 is 23.9 Å². The predicted molar refractivity (Wildman–Crippen MR) is 538 cm³/mol. The van der Waals surface area contributed by atoms with Crippen LogP contribution in [0.25, 0.3) is 43.1 Å². The number of ether oxygens (including phenoxy) is 10. The minimum atomic E-state index is -0.887. The molecule has 24 nitrogen and oxygen atoms in total. The van der Waals surface area contributed by atoms with Crippen LogP contribution >= 0.6 is 0 Å². The largest absolute Gasteiger partial charge is 0.492 e. The highest BCUT2D eigenvalue weighted by Crippen LogP contribution is 2.52. The monoisotopic (exact) mass is 1860 g/mol. The molecule has 0 bridgehead atoms. The summed E-state index contributed by atoms with van der Waals surface area (Å²) in [5.41, 5.74) is 11.5. The average Bonchev–Trinajstić information content (AvgIpc) is 1.61. The molecule has 0 aromatic heterocycles. The molecule has 4 amide bonds. The van der Waals surface area contributed by atoms with Crippen molar-refractivity contribution in [2.45, 2.75) is 208 Å². The van der Waals surface area contributed by atoms with Gasteiger partial charge in [-0.3, -0.25) is 38.4 Å². The first-order valence-corrected chi connectivity index (χ1v) is 47.0. The SMILES string of the molecule is C.CC(C)COc1c2c(c(OC(C)C)c3ccccc13)C(=O)N(c1ccc(CC(=O)O)cc1)C2.CC(C)COc1c2c(c(OC(C)C)c3ccccc13)CN(c1ccc(CC(=O)O)cc1)C2=O.CCOC(=O)Cc1ccc(N2Cc3c(c(OC(C)C)c4ccccc4c3OCC(C)C)C2=O)cc1.CCOC(=O)Cc1ccc(N2Cc3c(c(OCC(C)C)c4ccccc4c3OC(C)C)C2=O)cc1. The Bertz CT molecular complexity index is 6280. The molecular weight excluding hydrogens is 1730 g/mol. The van der Waals surface area contributed by atoms with Crippen LogP contribution in [0.15, 0.2) is 194 Å². The van der Waals surface area contributed by atoms with Crippen molar-refractivity contribution >= 4 is 113 Å². The zero-order chi connectivity index (χ0) is 97.6. The molecule has 0 saturated carbocycles. The second kappa shape index (κ2) is 45.5. The summed E-state index contributed by atoms with van der Waals surface area (Å²) in [7, 11) is 0. The molecule has 137 heavy (non-hydrogen) atoms. The minimum Gasteiger partial charge on any atom is -0.492 e. The number of carbonyl (C=O) groups excluding carboxylic acids is 6. The summed E-state index contributed by atoms with van der Waals surface area (Å²) in [6, 6.07) is 60.7. The number of esters is 2. The molecule has 4 aliphatic heterocycles. The van der Waals surface area contributed by atoms with Gasteiger partial charge in [-0.25, -0.2) is 0 Å². The van der Waals surface area contributed by atoms with Gasteiger partial charge in [0.25, 0.3) is 23.6 Å². The molecule has 24 heteroatoms. The third-order valence-electron chi connectivity index (χ3n) is 22.6. The highest BCUT2D eigenvalue weighted by Gasteiger charge is 2.43. The van der Waals surface area contributed by atoms with Gasteiger partial charge in [-0.2, -0.15) is 0 Å². The summed E-state index contributed by atoms with van der Waals surface area (Å²) >= 11 is 0. The first-order chi connectivity index (χ1) is 65.1. The van der Waals surface area contributed by atoms with E-state index in [0.29, 0.717) is 163 Å². The molecule has 720 valence electrons. The lowest BCUT2D eigenvalue weighted by Gasteiger charge is -2.20. The average molecular weight is 1860 g/mol. The molecule has 12 aromatic rings. The van der Waals surface area contributed by atoms with Crippen molar-refractivity contribution in [1.82, 2.24) is 0 Å². The van der Waals surface area contributed by atoms with Crippen molar-refractivity contribution in [2.24, 2.45) is 23.7 Å². The molecule has 0 spiro atoms. The van der Waals surface area contributed by atoms with E-state index in [0.717, 1.165) is 105 Å². The van der Waals surface area contributed by atoms with E-state index < -0.39 is 11.9 Å². The quantitative estimate of drug-likeness (QED) is 0.0354. The second-order valence-electron chi connectivity index (χ2n) is 37.1. The molecule has 0 fully saturated rings. The summed E-state index contributed by atoms with van der Waals surface area (Å²) in [6.07, 6.45) is 0.000877. The zero-order valence-electron chi connectivity index (χ0n) is 81.0. The number of anilines is 4. The van der Waals surface area contributed by atoms with Crippen LogP contribution in [0.1, 0.15) is 218 Å². The van der Waals surface area contributed by atoms with Crippen molar-refractivity contribution in [3.63, 3.8) is 0 Å². The van der Waals surface area contributed by atoms with Crippen LogP contribution in [0.5, 0.6) is 46.0 Å². The Hall–Kier alpha value is -14.2. The van der Waals surface area contributed by atoms with E-state index in [-0.39, 0.29) is 93.1 Å². The minimum absolute atomic E-state index is 0. The topological polar surface area (TPSA) is 282 Å². The summed E-state index contributed by atoms with van der Waals surface area (Å²) < 4.78 is 60.1. The Labute approximate surface area is 802 Å². The molecule has 0 radical (unpaired) electrons. The molecule has 0 aliphatic carbocycles. The highest BCUT2D eigenvalue weighted by atomic mass is 16.5. The molecule has 2 N–H and O–H groups in total. The smallest absolute Gasteiger partial charge is 0.310 e. The highest BCUT2D eigenvalue weighted by molar-refractivity contribution is 6.20. The van der Waals surface area contributed by atoms with Crippen molar-refractivity contribution < 1.29 is 95.9 Å². The van der Waals surface area contributed by atoms with Crippen LogP contribution in [0.4, 0.5) is 22.7 Å². The number of hydrogen-bond acceptors (Lipinski definition) is 18. The fraction of sp³-hybridized carbons (Fsp3) is 0.363. The molecule has 4 aliphatic rings. The summed E-state index contributed by atoms with van der Waals surface area (Å²) in [6.45, 7) is 40.3. The van der Waals surface area contributed by atoms with Crippen LogP contribution in [-0.2, 0) is 80.5 Å². The van der Waals surface area contributed by atoms with E-state index in [1.165, 1.54) is 0 Å². The van der Waals surface area contributed by atoms with Crippen molar-refractivity contribution in [1.29, 1.82) is 0 Å². The van der Waals surface area contributed by atoms with E-state index in [1.807, 2.05) is 201 Å². The second-order valence-corrected chi connectivity index (χ2v) is 37.1. The van der Waals surface area contributed by atoms with E-state index in [2.05, 4.69) is 55.4 Å². The van der Waals surface area contributed by atoms with Crippen LogP contribution < -0.4 is 57.5 Å².